The molecular weight excluding hydrogens is 374 g/mol. The molecule has 152 valence electrons. The van der Waals surface area contributed by atoms with Gasteiger partial charge in [-0.25, -0.2) is 13.1 Å². The summed E-state index contributed by atoms with van der Waals surface area (Å²) in [7, 11) is -3.59. The average molecular weight is 404 g/mol. The minimum Gasteiger partial charge on any atom is -0.481 e. The van der Waals surface area contributed by atoms with Crippen LogP contribution in [-0.2, 0) is 21.2 Å². The lowest BCUT2D eigenvalue weighted by Crippen LogP contribution is -2.28. The minimum atomic E-state index is -3.59. The second kappa shape index (κ2) is 11.0. The summed E-state index contributed by atoms with van der Waals surface area (Å²) >= 11 is 0. The lowest BCUT2D eigenvalue weighted by atomic mass is 9.99. The first-order chi connectivity index (χ1) is 13.4. The van der Waals surface area contributed by atoms with Gasteiger partial charge in [-0.05, 0) is 42.5 Å². The third-order valence-corrected chi connectivity index (χ3v) is 6.17. The van der Waals surface area contributed by atoms with Crippen LogP contribution in [0.5, 0.6) is 0 Å². The third-order valence-electron chi connectivity index (χ3n) is 4.69. The molecule has 2 N–H and O–H groups in total. The molecule has 0 amide bonds. The normalized spacial score (nSPS) is 12.6. The van der Waals surface area contributed by atoms with Gasteiger partial charge in [-0.3, -0.25) is 4.79 Å². The molecular formula is C22H29NO4S. The standard InChI is InChI=1S/C22H29NO4S/c1-2-3-5-12-21(23-28(26,27)20-10-6-4-7-11-20)19-16-14-18(15-17-19)9-8-13-22(24)25/h4,6-7,10-11,14-17,21,23H,2-3,5,8-9,12-13H2,1H3,(H,24,25). The van der Waals surface area contributed by atoms with Crippen LogP contribution >= 0.6 is 0 Å². The highest BCUT2D eigenvalue weighted by atomic mass is 32.2. The first-order valence-corrected chi connectivity index (χ1v) is 11.3. The van der Waals surface area contributed by atoms with E-state index in [1.165, 1.54) is 0 Å². The van der Waals surface area contributed by atoms with Crippen LogP contribution in [0.4, 0.5) is 0 Å². The van der Waals surface area contributed by atoms with E-state index < -0.39 is 16.0 Å². The van der Waals surface area contributed by atoms with Gasteiger partial charge in [0.15, 0.2) is 0 Å². The molecule has 0 aliphatic carbocycles. The fourth-order valence-corrected chi connectivity index (χ4v) is 4.39. The summed E-state index contributed by atoms with van der Waals surface area (Å²) in [5, 5.41) is 8.75. The maximum atomic E-state index is 12.8. The van der Waals surface area contributed by atoms with Crippen LogP contribution < -0.4 is 4.72 Å². The van der Waals surface area contributed by atoms with Gasteiger partial charge in [0.2, 0.25) is 10.0 Å². The molecule has 0 aromatic heterocycles. The van der Waals surface area contributed by atoms with E-state index in [2.05, 4.69) is 11.6 Å². The molecule has 0 heterocycles. The van der Waals surface area contributed by atoms with Gasteiger partial charge in [0.25, 0.3) is 0 Å². The van der Waals surface area contributed by atoms with Crippen molar-refractivity contribution in [3.63, 3.8) is 0 Å². The highest BCUT2D eigenvalue weighted by molar-refractivity contribution is 7.89. The first kappa shape index (κ1) is 22.1. The summed E-state index contributed by atoms with van der Waals surface area (Å²) in [6.07, 6.45) is 5.24. The molecule has 0 aliphatic rings. The van der Waals surface area contributed by atoms with Gasteiger partial charge in [0.05, 0.1) is 4.90 Å². The molecule has 1 unspecified atom stereocenters. The van der Waals surface area contributed by atoms with Crippen molar-refractivity contribution >= 4 is 16.0 Å². The number of hydrogen-bond donors (Lipinski definition) is 2. The minimum absolute atomic E-state index is 0.151. The third kappa shape index (κ3) is 7.09. The molecule has 1 atom stereocenters. The fraction of sp³-hybridized carbons (Fsp3) is 0.409. The molecule has 0 bridgehead atoms. The van der Waals surface area contributed by atoms with E-state index in [9.17, 15) is 13.2 Å². The largest absolute Gasteiger partial charge is 0.481 e. The Balaban J connectivity index is 2.12. The number of sulfonamides is 1. The molecule has 2 aromatic carbocycles. The molecule has 0 fully saturated rings. The highest BCUT2D eigenvalue weighted by Gasteiger charge is 2.21. The van der Waals surface area contributed by atoms with Crippen molar-refractivity contribution in [3.8, 4) is 0 Å². The Morgan fingerprint density at radius 3 is 2.29 bits per heavy atom. The van der Waals surface area contributed by atoms with Crippen molar-refractivity contribution in [2.45, 2.75) is 62.8 Å². The molecule has 2 aromatic rings. The number of aliphatic carboxylic acids is 1. The lowest BCUT2D eigenvalue weighted by Gasteiger charge is -2.20. The van der Waals surface area contributed by atoms with Crippen LogP contribution in [0.3, 0.4) is 0 Å². The Labute approximate surface area is 167 Å². The fourth-order valence-electron chi connectivity index (χ4n) is 3.11. The Bertz CT molecular complexity index is 833. The van der Waals surface area contributed by atoms with Crippen LogP contribution in [0.1, 0.15) is 62.6 Å². The van der Waals surface area contributed by atoms with Crippen molar-refractivity contribution in [1.29, 1.82) is 0 Å². The zero-order valence-electron chi connectivity index (χ0n) is 16.3. The summed E-state index contributed by atoms with van der Waals surface area (Å²) in [6.45, 7) is 2.12. The van der Waals surface area contributed by atoms with Gasteiger partial charge < -0.3 is 5.11 Å². The quantitative estimate of drug-likeness (QED) is 0.504. The number of carboxylic acids is 1. The molecule has 2 rings (SSSR count). The van der Waals surface area contributed by atoms with E-state index in [1.807, 2.05) is 24.3 Å². The summed E-state index contributed by atoms with van der Waals surface area (Å²) in [5.41, 5.74) is 1.99. The van der Waals surface area contributed by atoms with E-state index in [1.54, 1.807) is 30.3 Å². The van der Waals surface area contributed by atoms with Gasteiger partial charge in [-0.15, -0.1) is 0 Å². The molecule has 28 heavy (non-hydrogen) atoms. The smallest absolute Gasteiger partial charge is 0.303 e. The average Bonchev–Trinajstić information content (AvgIpc) is 2.68. The van der Waals surface area contributed by atoms with E-state index in [4.69, 9.17) is 5.11 Å². The van der Waals surface area contributed by atoms with Crippen LogP contribution in [0, 0.1) is 0 Å². The number of carbonyl (C=O) groups is 1. The number of hydrogen-bond acceptors (Lipinski definition) is 3. The van der Waals surface area contributed by atoms with Crippen molar-refractivity contribution in [2.75, 3.05) is 0 Å². The molecule has 0 radical (unpaired) electrons. The Morgan fingerprint density at radius 1 is 1.00 bits per heavy atom. The summed E-state index contributed by atoms with van der Waals surface area (Å²) in [5.74, 6) is -0.789. The van der Waals surface area contributed by atoms with Gasteiger partial charge in [-0.2, -0.15) is 0 Å². The lowest BCUT2D eigenvalue weighted by molar-refractivity contribution is -0.137. The van der Waals surface area contributed by atoms with Gasteiger partial charge in [-0.1, -0.05) is 68.7 Å². The molecule has 0 aliphatic heterocycles. The van der Waals surface area contributed by atoms with E-state index >= 15 is 0 Å². The Morgan fingerprint density at radius 2 is 1.68 bits per heavy atom. The van der Waals surface area contributed by atoms with E-state index in [-0.39, 0.29) is 17.4 Å². The summed E-state index contributed by atoms with van der Waals surface area (Å²) in [4.78, 5) is 10.9. The van der Waals surface area contributed by atoms with Crippen molar-refractivity contribution in [2.24, 2.45) is 0 Å². The molecule has 0 saturated carbocycles. The monoisotopic (exact) mass is 403 g/mol. The number of benzene rings is 2. The van der Waals surface area contributed by atoms with E-state index in [0.717, 1.165) is 36.8 Å². The zero-order valence-corrected chi connectivity index (χ0v) is 17.1. The predicted octanol–water partition coefficient (Wildman–Crippen LogP) is 4.69. The number of rotatable bonds is 12. The van der Waals surface area contributed by atoms with Crippen LogP contribution in [0.15, 0.2) is 59.5 Å². The Hall–Kier alpha value is -2.18. The number of carboxylic acid groups (broad SMARTS) is 1. The predicted molar refractivity (Wildman–Crippen MR) is 111 cm³/mol. The van der Waals surface area contributed by atoms with Gasteiger partial charge >= 0.3 is 5.97 Å². The second-order valence-electron chi connectivity index (χ2n) is 6.97. The zero-order chi connectivity index (χ0) is 20.4. The second-order valence-corrected chi connectivity index (χ2v) is 8.69. The van der Waals surface area contributed by atoms with E-state index in [0.29, 0.717) is 12.8 Å². The van der Waals surface area contributed by atoms with Crippen LogP contribution in [0.2, 0.25) is 0 Å². The van der Waals surface area contributed by atoms with Crippen molar-refractivity contribution in [1.82, 2.24) is 4.72 Å². The number of nitrogens with one attached hydrogen (secondary N) is 1. The van der Waals surface area contributed by atoms with Crippen molar-refractivity contribution < 1.29 is 18.3 Å². The molecule has 0 saturated heterocycles. The maximum absolute atomic E-state index is 12.8. The SMILES string of the molecule is CCCCCC(NS(=O)(=O)c1ccccc1)c1ccc(CCCC(=O)O)cc1. The topological polar surface area (TPSA) is 83.5 Å². The highest BCUT2D eigenvalue weighted by Crippen LogP contribution is 2.24. The summed E-state index contributed by atoms with van der Waals surface area (Å²) < 4.78 is 28.4. The molecule has 5 nitrogen and oxygen atoms in total. The van der Waals surface area contributed by atoms with Crippen LogP contribution in [0.25, 0.3) is 0 Å². The molecule has 6 heteroatoms. The summed E-state index contributed by atoms with van der Waals surface area (Å²) in [6, 6.07) is 15.9. The maximum Gasteiger partial charge on any atom is 0.303 e. The first-order valence-electron chi connectivity index (χ1n) is 9.80. The van der Waals surface area contributed by atoms with Gasteiger partial charge in [0.1, 0.15) is 0 Å². The van der Waals surface area contributed by atoms with Crippen LogP contribution in [-0.4, -0.2) is 19.5 Å². The number of aryl methyl sites for hydroxylation is 1. The van der Waals surface area contributed by atoms with Crippen molar-refractivity contribution in [3.05, 3.63) is 65.7 Å². The van der Waals surface area contributed by atoms with Gasteiger partial charge in [0, 0.05) is 12.5 Å². The molecule has 0 spiro atoms. The Kier molecular flexibility index (Phi) is 8.67. The number of unbranched alkanes of at least 4 members (excludes halogenated alkanes) is 2.